The number of hydrogen-bond donors (Lipinski definition) is 2. The average molecular weight is 343 g/mol. The Balaban J connectivity index is 1.53. The van der Waals surface area contributed by atoms with E-state index in [1.165, 1.54) is 5.57 Å². The fourth-order valence-electron chi connectivity index (χ4n) is 2.73. The second-order valence-electron chi connectivity index (χ2n) is 5.82. The van der Waals surface area contributed by atoms with Gasteiger partial charge in [-0.25, -0.2) is 0 Å². The zero-order valence-electron chi connectivity index (χ0n) is 13.2. The molecule has 3 rings (SSSR count). The molecule has 1 aliphatic heterocycles. The predicted octanol–water partition coefficient (Wildman–Crippen LogP) is 3.77. The highest BCUT2D eigenvalue weighted by Crippen LogP contribution is 2.24. The Morgan fingerprint density at radius 1 is 1.12 bits per heavy atom. The molecule has 0 bridgehead atoms. The first-order chi connectivity index (χ1) is 11.6. The molecule has 4 nitrogen and oxygen atoms in total. The van der Waals surface area contributed by atoms with Gasteiger partial charge in [-0.05, 0) is 54.0 Å². The molecule has 5 heteroatoms. The average Bonchev–Trinajstić information content (AvgIpc) is 2.58. The van der Waals surface area contributed by atoms with E-state index in [0.717, 1.165) is 30.8 Å². The molecule has 0 unspecified atom stereocenters. The van der Waals surface area contributed by atoms with E-state index in [9.17, 15) is 9.90 Å². The fourth-order valence-corrected chi connectivity index (χ4v) is 2.86. The Morgan fingerprint density at radius 3 is 2.46 bits per heavy atom. The number of carbonyl (C=O) groups excluding carboxylic acids is 1. The molecule has 1 amide bonds. The van der Waals surface area contributed by atoms with Crippen molar-refractivity contribution in [3.63, 3.8) is 0 Å². The predicted molar refractivity (Wildman–Crippen MR) is 97.2 cm³/mol. The van der Waals surface area contributed by atoms with E-state index in [2.05, 4.69) is 16.3 Å². The zero-order chi connectivity index (χ0) is 16.9. The minimum atomic E-state index is -0.0289. The van der Waals surface area contributed by atoms with Crippen LogP contribution in [0.25, 0.3) is 5.57 Å². The molecule has 2 N–H and O–H groups in total. The number of amides is 1. The van der Waals surface area contributed by atoms with E-state index >= 15 is 0 Å². The summed E-state index contributed by atoms with van der Waals surface area (Å²) in [4.78, 5) is 14.2. The first kappa shape index (κ1) is 16.6. The Hall–Kier alpha value is -2.30. The zero-order valence-corrected chi connectivity index (χ0v) is 14.0. The Kier molecular flexibility index (Phi) is 5.18. The van der Waals surface area contributed by atoms with Crippen molar-refractivity contribution in [3.05, 3.63) is 65.2 Å². The molecule has 0 saturated carbocycles. The van der Waals surface area contributed by atoms with E-state index in [4.69, 9.17) is 11.6 Å². The number of anilines is 1. The molecular formula is C19H19ClN2O2. The number of hydrogen-bond acceptors (Lipinski definition) is 3. The van der Waals surface area contributed by atoms with E-state index in [1.54, 1.807) is 36.4 Å². The third-order valence-corrected chi connectivity index (χ3v) is 4.28. The molecule has 0 spiro atoms. The Morgan fingerprint density at radius 2 is 1.83 bits per heavy atom. The van der Waals surface area contributed by atoms with Crippen LogP contribution in [0.1, 0.15) is 12.0 Å². The number of nitrogens with one attached hydrogen (secondary N) is 1. The number of phenolic OH excluding ortho intramolecular Hbond substituents is 1. The van der Waals surface area contributed by atoms with E-state index < -0.39 is 0 Å². The maximum atomic E-state index is 12.1. The number of benzene rings is 2. The highest BCUT2D eigenvalue weighted by molar-refractivity contribution is 6.30. The normalized spacial score (nSPS) is 15.0. The largest absolute Gasteiger partial charge is 0.508 e. The molecule has 1 aliphatic rings. The number of carbonyl (C=O) groups is 1. The van der Waals surface area contributed by atoms with Crippen LogP contribution in [0, 0.1) is 0 Å². The fraction of sp³-hybridized carbons (Fsp3) is 0.211. The van der Waals surface area contributed by atoms with Gasteiger partial charge in [0.25, 0.3) is 0 Å². The number of rotatable bonds is 4. The summed E-state index contributed by atoms with van der Waals surface area (Å²) in [6, 6.07) is 14.3. The van der Waals surface area contributed by atoms with Gasteiger partial charge in [0.2, 0.25) is 5.91 Å². The van der Waals surface area contributed by atoms with E-state index in [0.29, 0.717) is 11.6 Å². The molecule has 0 aromatic heterocycles. The third kappa shape index (κ3) is 4.37. The SMILES string of the molecule is O=C(CN1CC=C(c2ccc(O)cc2)CC1)Nc1ccc(Cl)cc1. The van der Waals surface area contributed by atoms with Crippen LogP contribution in [0.5, 0.6) is 5.75 Å². The molecule has 2 aromatic rings. The second-order valence-corrected chi connectivity index (χ2v) is 6.25. The second kappa shape index (κ2) is 7.51. The van der Waals surface area contributed by atoms with Gasteiger partial charge in [-0.2, -0.15) is 0 Å². The molecule has 0 fully saturated rings. The van der Waals surface area contributed by atoms with Gasteiger partial charge in [-0.1, -0.05) is 29.8 Å². The summed E-state index contributed by atoms with van der Waals surface area (Å²) in [7, 11) is 0. The number of aromatic hydroxyl groups is 1. The topological polar surface area (TPSA) is 52.6 Å². The lowest BCUT2D eigenvalue weighted by Crippen LogP contribution is -2.36. The molecule has 124 valence electrons. The van der Waals surface area contributed by atoms with E-state index in [1.807, 2.05) is 12.1 Å². The van der Waals surface area contributed by atoms with Crippen molar-refractivity contribution in [1.29, 1.82) is 0 Å². The standard InChI is InChI=1S/C19H19ClN2O2/c20-16-3-5-17(6-4-16)21-19(24)13-22-11-9-15(10-12-22)14-1-7-18(23)8-2-14/h1-9,23H,10-13H2,(H,21,24). The van der Waals surface area contributed by atoms with Gasteiger partial charge in [-0.15, -0.1) is 0 Å². The van der Waals surface area contributed by atoms with Crippen molar-refractivity contribution in [2.45, 2.75) is 6.42 Å². The number of halogens is 1. The number of phenols is 1. The van der Waals surface area contributed by atoms with Gasteiger partial charge in [0, 0.05) is 23.8 Å². The molecular weight excluding hydrogens is 324 g/mol. The van der Waals surface area contributed by atoms with Crippen LogP contribution < -0.4 is 5.32 Å². The van der Waals surface area contributed by atoms with Crippen LogP contribution in [0.15, 0.2) is 54.6 Å². The van der Waals surface area contributed by atoms with Crippen molar-refractivity contribution in [3.8, 4) is 5.75 Å². The van der Waals surface area contributed by atoms with Gasteiger partial charge >= 0.3 is 0 Å². The summed E-state index contributed by atoms with van der Waals surface area (Å²) in [6.45, 7) is 1.94. The van der Waals surface area contributed by atoms with E-state index in [-0.39, 0.29) is 11.7 Å². The third-order valence-electron chi connectivity index (χ3n) is 4.03. The van der Waals surface area contributed by atoms with Gasteiger partial charge in [0.1, 0.15) is 5.75 Å². The van der Waals surface area contributed by atoms with Crippen LogP contribution in [-0.4, -0.2) is 35.5 Å². The van der Waals surface area contributed by atoms with Crippen LogP contribution in [-0.2, 0) is 4.79 Å². The van der Waals surface area contributed by atoms with Crippen molar-refractivity contribution in [1.82, 2.24) is 4.90 Å². The number of nitrogens with zero attached hydrogens (tertiary/aromatic N) is 1. The summed E-state index contributed by atoms with van der Waals surface area (Å²) in [5.41, 5.74) is 3.13. The quantitative estimate of drug-likeness (QED) is 0.889. The first-order valence-electron chi connectivity index (χ1n) is 7.86. The Bertz CT molecular complexity index is 739. The molecule has 0 aliphatic carbocycles. The summed E-state index contributed by atoms with van der Waals surface area (Å²) in [5.74, 6) is 0.245. The van der Waals surface area contributed by atoms with Crippen LogP contribution >= 0.6 is 11.6 Å². The van der Waals surface area contributed by atoms with Crippen molar-refractivity contribution >= 4 is 28.8 Å². The van der Waals surface area contributed by atoms with Gasteiger partial charge in [-0.3, -0.25) is 9.69 Å². The summed E-state index contributed by atoms with van der Waals surface area (Å²) in [5, 5.41) is 12.9. The van der Waals surface area contributed by atoms with Gasteiger partial charge < -0.3 is 10.4 Å². The molecule has 0 saturated heterocycles. The van der Waals surface area contributed by atoms with Crippen LogP contribution in [0.3, 0.4) is 0 Å². The highest BCUT2D eigenvalue weighted by atomic mass is 35.5. The van der Waals surface area contributed by atoms with Gasteiger partial charge in [0.15, 0.2) is 0 Å². The molecule has 1 heterocycles. The molecule has 0 radical (unpaired) electrons. The van der Waals surface area contributed by atoms with Crippen LogP contribution in [0.2, 0.25) is 5.02 Å². The van der Waals surface area contributed by atoms with Crippen molar-refractivity contribution < 1.29 is 9.90 Å². The maximum absolute atomic E-state index is 12.1. The lowest BCUT2D eigenvalue weighted by Gasteiger charge is -2.25. The molecule has 24 heavy (non-hydrogen) atoms. The lowest BCUT2D eigenvalue weighted by molar-refractivity contribution is -0.117. The Labute approximate surface area is 146 Å². The molecule has 2 aromatic carbocycles. The first-order valence-corrected chi connectivity index (χ1v) is 8.24. The van der Waals surface area contributed by atoms with Crippen molar-refractivity contribution in [2.24, 2.45) is 0 Å². The maximum Gasteiger partial charge on any atom is 0.238 e. The monoisotopic (exact) mass is 342 g/mol. The lowest BCUT2D eigenvalue weighted by atomic mass is 9.99. The van der Waals surface area contributed by atoms with Crippen LogP contribution in [0.4, 0.5) is 5.69 Å². The minimum Gasteiger partial charge on any atom is -0.508 e. The smallest absolute Gasteiger partial charge is 0.238 e. The van der Waals surface area contributed by atoms with Crippen molar-refractivity contribution in [2.75, 3.05) is 25.0 Å². The molecule has 0 atom stereocenters. The summed E-state index contributed by atoms with van der Waals surface area (Å²) < 4.78 is 0. The minimum absolute atomic E-state index is 0.0289. The summed E-state index contributed by atoms with van der Waals surface area (Å²) >= 11 is 5.84. The van der Waals surface area contributed by atoms with Gasteiger partial charge in [0.05, 0.1) is 6.54 Å². The highest BCUT2D eigenvalue weighted by Gasteiger charge is 2.15. The summed E-state index contributed by atoms with van der Waals surface area (Å²) in [6.07, 6.45) is 3.03.